The first-order valence-electron chi connectivity index (χ1n) is 6.36. The molecule has 0 aliphatic heterocycles. The number of hydrogen-bond donors (Lipinski definition) is 2. The summed E-state index contributed by atoms with van der Waals surface area (Å²) in [7, 11) is 1.33. The lowest BCUT2D eigenvalue weighted by atomic mass is 10.2. The summed E-state index contributed by atoms with van der Waals surface area (Å²) in [6, 6.07) is 1.55. The number of ether oxygens (including phenoxy) is 2. The standard InChI is InChI=1S/C13H19N3O3/c1-18-13(17)11-6-10(14)7-16-12(11)15-4-5-19-8-9-2-3-9/h6-7,9H,2-5,8,14H2,1H3,(H,15,16). The average Bonchev–Trinajstić information content (AvgIpc) is 3.23. The second-order valence-electron chi connectivity index (χ2n) is 4.60. The third kappa shape index (κ3) is 4.10. The molecule has 2 rings (SSSR count). The second kappa shape index (κ2) is 6.38. The molecule has 1 aliphatic carbocycles. The molecule has 6 heteroatoms. The minimum atomic E-state index is -0.457. The maximum absolute atomic E-state index is 11.6. The molecular formula is C13H19N3O3. The van der Waals surface area contributed by atoms with Gasteiger partial charge in [-0.1, -0.05) is 0 Å². The Hall–Kier alpha value is -1.82. The van der Waals surface area contributed by atoms with Crippen molar-refractivity contribution in [3.63, 3.8) is 0 Å². The molecule has 0 unspecified atom stereocenters. The second-order valence-corrected chi connectivity index (χ2v) is 4.60. The molecule has 0 aromatic carbocycles. The van der Waals surface area contributed by atoms with E-state index >= 15 is 0 Å². The van der Waals surface area contributed by atoms with E-state index < -0.39 is 5.97 Å². The first kappa shape index (κ1) is 13.6. The van der Waals surface area contributed by atoms with Gasteiger partial charge in [-0.3, -0.25) is 0 Å². The summed E-state index contributed by atoms with van der Waals surface area (Å²) in [6.07, 6.45) is 4.05. The molecule has 104 valence electrons. The maximum atomic E-state index is 11.6. The molecule has 3 N–H and O–H groups in total. The lowest BCUT2D eigenvalue weighted by Crippen LogP contribution is -2.15. The first-order valence-corrected chi connectivity index (χ1v) is 6.36. The Morgan fingerprint density at radius 2 is 2.37 bits per heavy atom. The Bertz CT molecular complexity index is 447. The van der Waals surface area contributed by atoms with E-state index in [1.54, 1.807) is 6.07 Å². The largest absolute Gasteiger partial charge is 0.465 e. The zero-order valence-electron chi connectivity index (χ0n) is 11.0. The molecule has 0 radical (unpaired) electrons. The molecule has 0 bridgehead atoms. The molecule has 1 fully saturated rings. The van der Waals surface area contributed by atoms with Crippen LogP contribution in [-0.4, -0.2) is 37.8 Å². The summed E-state index contributed by atoms with van der Waals surface area (Å²) in [4.78, 5) is 15.7. The molecule has 0 saturated heterocycles. The quantitative estimate of drug-likeness (QED) is 0.570. The number of pyridine rings is 1. The number of esters is 1. The minimum absolute atomic E-state index is 0.338. The van der Waals surface area contributed by atoms with Crippen molar-refractivity contribution in [3.8, 4) is 0 Å². The van der Waals surface area contributed by atoms with E-state index in [0.717, 1.165) is 12.5 Å². The lowest BCUT2D eigenvalue weighted by molar-refractivity contribution is 0.0601. The van der Waals surface area contributed by atoms with Crippen LogP contribution in [0, 0.1) is 5.92 Å². The summed E-state index contributed by atoms with van der Waals surface area (Å²) in [6.45, 7) is 2.00. The van der Waals surface area contributed by atoms with Gasteiger partial charge < -0.3 is 20.5 Å². The van der Waals surface area contributed by atoms with Crippen molar-refractivity contribution in [1.29, 1.82) is 0 Å². The third-order valence-corrected chi connectivity index (χ3v) is 2.90. The molecule has 1 aromatic rings. The Morgan fingerprint density at radius 1 is 1.58 bits per heavy atom. The molecule has 0 atom stereocenters. The highest BCUT2D eigenvalue weighted by molar-refractivity contribution is 5.95. The van der Waals surface area contributed by atoms with E-state index in [1.165, 1.54) is 26.1 Å². The highest BCUT2D eigenvalue weighted by atomic mass is 16.5. The Labute approximate surface area is 112 Å². The van der Waals surface area contributed by atoms with Gasteiger partial charge in [0.05, 0.1) is 25.6 Å². The number of nitrogens with two attached hydrogens (primary N) is 1. The van der Waals surface area contributed by atoms with Crippen LogP contribution in [0.15, 0.2) is 12.3 Å². The van der Waals surface area contributed by atoms with Crippen LogP contribution in [0.1, 0.15) is 23.2 Å². The summed E-state index contributed by atoms with van der Waals surface area (Å²) >= 11 is 0. The molecule has 19 heavy (non-hydrogen) atoms. The van der Waals surface area contributed by atoms with Crippen LogP contribution in [0.3, 0.4) is 0 Å². The fourth-order valence-corrected chi connectivity index (χ4v) is 1.66. The molecule has 0 amide bonds. The van der Waals surface area contributed by atoms with Gasteiger partial charge in [0, 0.05) is 13.2 Å². The number of carbonyl (C=O) groups excluding carboxylic acids is 1. The smallest absolute Gasteiger partial charge is 0.341 e. The number of nitrogens with one attached hydrogen (secondary N) is 1. The van der Waals surface area contributed by atoms with Crippen LogP contribution in [-0.2, 0) is 9.47 Å². The topological polar surface area (TPSA) is 86.5 Å². The van der Waals surface area contributed by atoms with E-state index in [4.69, 9.17) is 15.2 Å². The molecule has 0 spiro atoms. The molecule has 1 heterocycles. The van der Waals surface area contributed by atoms with Crippen molar-refractivity contribution in [1.82, 2.24) is 4.98 Å². The van der Waals surface area contributed by atoms with Crippen molar-refractivity contribution in [2.75, 3.05) is 37.9 Å². The number of rotatable bonds is 7. The van der Waals surface area contributed by atoms with Gasteiger partial charge >= 0.3 is 5.97 Å². The van der Waals surface area contributed by atoms with Crippen LogP contribution >= 0.6 is 0 Å². The van der Waals surface area contributed by atoms with Crippen molar-refractivity contribution < 1.29 is 14.3 Å². The van der Waals surface area contributed by atoms with Gasteiger partial charge in [0.25, 0.3) is 0 Å². The summed E-state index contributed by atoms with van der Waals surface area (Å²) < 4.78 is 10.2. The SMILES string of the molecule is COC(=O)c1cc(N)cnc1NCCOCC1CC1. The van der Waals surface area contributed by atoms with Crippen molar-refractivity contribution in [3.05, 3.63) is 17.8 Å². The number of carbonyl (C=O) groups is 1. The Balaban J connectivity index is 1.85. The van der Waals surface area contributed by atoms with E-state index in [9.17, 15) is 4.79 Å². The summed E-state index contributed by atoms with van der Waals surface area (Å²) in [5.74, 6) is 0.762. The average molecular weight is 265 g/mol. The van der Waals surface area contributed by atoms with E-state index in [1.807, 2.05) is 0 Å². The zero-order valence-corrected chi connectivity index (χ0v) is 11.0. The van der Waals surface area contributed by atoms with Gasteiger partial charge in [-0.25, -0.2) is 9.78 Å². The summed E-state index contributed by atoms with van der Waals surface area (Å²) in [5.41, 5.74) is 6.38. The highest BCUT2D eigenvalue weighted by Crippen LogP contribution is 2.28. The van der Waals surface area contributed by atoms with Crippen LogP contribution in [0.2, 0.25) is 0 Å². The third-order valence-electron chi connectivity index (χ3n) is 2.90. The Kier molecular flexibility index (Phi) is 4.57. The van der Waals surface area contributed by atoms with E-state index in [-0.39, 0.29) is 0 Å². The Morgan fingerprint density at radius 3 is 3.05 bits per heavy atom. The van der Waals surface area contributed by atoms with Crippen LogP contribution in [0.25, 0.3) is 0 Å². The van der Waals surface area contributed by atoms with Crippen LogP contribution in [0.4, 0.5) is 11.5 Å². The van der Waals surface area contributed by atoms with Gasteiger partial charge in [-0.2, -0.15) is 0 Å². The first-order chi connectivity index (χ1) is 9.20. The fraction of sp³-hybridized carbons (Fsp3) is 0.538. The van der Waals surface area contributed by atoms with Gasteiger partial charge in [0.2, 0.25) is 0 Å². The minimum Gasteiger partial charge on any atom is -0.465 e. The van der Waals surface area contributed by atoms with E-state index in [2.05, 4.69) is 10.3 Å². The van der Waals surface area contributed by atoms with Gasteiger partial charge in [-0.05, 0) is 24.8 Å². The molecule has 1 aromatic heterocycles. The number of aromatic nitrogens is 1. The number of nitrogen functional groups attached to an aromatic ring is 1. The number of nitrogens with zero attached hydrogens (tertiary/aromatic N) is 1. The molecular weight excluding hydrogens is 246 g/mol. The number of methoxy groups -OCH3 is 1. The zero-order chi connectivity index (χ0) is 13.7. The maximum Gasteiger partial charge on any atom is 0.341 e. The highest BCUT2D eigenvalue weighted by Gasteiger charge is 2.21. The summed E-state index contributed by atoms with van der Waals surface area (Å²) in [5, 5.41) is 3.06. The van der Waals surface area contributed by atoms with Crippen molar-refractivity contribution in [2.45, 2.75) is 12.8 Å². The van der Waals surface area contributed by atoms with Crippen LogP contribution in [0.5, 0.6) is 0 Å². The van der Waals surface area contributed by atoms with Crippen LogP contribution < -0.4 is 11.1 Å². The monoisotopic (exact) mass is 265 g/mol. The number of anilines is 2. The molecule has 1 saturated carbocycles. The molecule has 1 aliphatic rings. The van der Waals surface area contributed by atoms with Gasteiger partial charge in [-0.15, -0.1) is 0 Å². The predicted octanol–water partition coefficient (Wildman–Crippen LogP) is 1.29. The van der Waals surface area contributed by atoms with Gasteiger partial charge in [0.15, 0.2) is 0 Å². The number of hydrogen-bond acceptors (Lipinski definition) is 6. The van der Waals surface area contributed by atoms with Crippen molar-refractivity contribution >= 4 is 17.5 Å². The lowest BCUT2D eigenvalue weighted by Gasteiger charge is -2.10. The van der Waals surface area contributed by atoms with Gasteiger partial charge in [0.1, 0.15) is 11.4 Å². The fourth-order valence-electron chi connectivity index (χ4n) is 1.66. The normalized spacial score (nSPS) is 14.2. The van der Waals surface area contributed by atoms with E-state index in [0.29, 0.717) is 30.2 Å². The van der Waals surface area contributed by atoms with Crippen molar-refractivity contribution in [2.24, 2.45) is 5.92 Å². The molecule has 6 nitrogen and oxygen atoms in total. The predicted molar refractivity (Wildman–Crippen MR) is 72.0 cm³/mol.